The van der Waals surface area contributed by atoms with Gasteiger partial charge in [-0.2, -0.15) is 5.10 Å². The van der Waals surface area contributed by atoms with Gasteiger partial charge in [0.2, 0.25) is 0 Å². The third-order valence-corrected chi connectivity index (χ3v) is 6.55. The highest BCUT2D eigenvalue weighted by molar-refractivity contribution is 6.30. The molecule has 4 aromatic rings. The van der Waals surface area contributed by atoms with Crippen LogP contribution in [0.25, 0.3) is 16.8 Å². The Balaban J connectivity index is 1.59. The van der Waals surface area contributed by atoms with Crippen LogP contribution in [-0.2, 0) is 6.42 Å². The van der Waals surface area contributed by atoms with E-state index in [9.17, 15) is 4.79 Å². The predicted molar refractivity (Wildman–Crippen MR) is 124 cm³/mol. The van der Waals surface area contributed by atoms with Crippen molar-refractivity contribution in [1.29, 1.82) is 0 Å². The Hall–Kier alpha value is -2.98. The molecule has 0 saturated carbocycles. The molecule has 0 bridgehead atoms. The number of fused-ring (bicyclic) bond motifs is 3. The maximum atomic E-state index is 13.0. The lowest BCUT2D eigenvalue weighted by atomic mass is 9.81. The molecular formula is C26H24ClN3O. The van der Waals surface area contributed by atoms with Crippen LogP contribution in [-0.4, -0.2) is 20.4 Å². The topological polar surface area (TPSA) is 47.3 Å². The minimum atomic E-state index is 0.134. The van der Waals surface area contributed by atoms with Crippen LogP contribution in [0.4, 0.5) is 0 Å². The molecule has 0 spiro atoms. The highest BCUT2D eigenvalue weighted by atomic mass is 35.5. The summed E-state index contributed by atoms with van der Waals surface area (Å²) in [7, 11) is 0. The summed E-state index contributed by atoms with van der Waals surface area (Å²) < 4.78 is 1.88. The van der Waals surface area contributed by atoms with Gasteiger partial charge in [-0.05, 0) is 54.0 Å². The molecule has 0 aliphatic heterocycles. The number of ketones is 1. The van der Waals surface area contributed by atoms with Crippen molar-refractivity contribution in [3.8, 4) is 11.1 Å². The maximum Gasteiger partial charge on any atom is 0.166 e. The molecular weight excluding hydrogens is 406 g/mol. The molecule has 31 heavy (non-hydrogen) atoms. The lowest BCUT2D eigenvalue weighted by Gasteiger charge is -2.24. The van der Waals surface area contributed by atoms with Gasteiger partial charge in [-0.25, -0.2) is 9.50 Å². The third-order valence-electron chi connectivity index (χ3n) is 6.30. The first-order valence-corrected chi connectivity index (χ1v) is 11.1. The number of nitrogens with zero attached hydrogens (tertiary/aromatic N) is 3. The monoisotopic (exact) mass is 429 g/mol. The molecule has 2 aromatic heterocycles. The van der Waals surface area contributed by atoms with Crippen molar-refractivity contribution < 1.29 is 4.79 Å². The number of halogens is 1. The second-order valence-electron chi connectivity index (χ2n) is 8.67. The summed E-state index contributed by atoms with van der Waals surface area (Å²) >= 11 is 6.07. The molecule has 5 rings (SSSR count). The van der Waals surface area contributed by atoms with Crippen molar-refractivity contribution in [2.45, 2.75) is 45.4 Å². The van der Waals surface area contributed by atoms with Crippen molar-refractivity contribution in [1.82, 2.24) is 14.6 Å². The summed E-state index contributed by atoms with van der Waals surface area (Å²) in [5.74, 6) is 0.775. The lowest BCUT2D eigenvalue weighted by Crippen LogP contribution is -2.22. The van der Waals surface area contributed by atoms with Crippen molar-refractivity contribution >= 4 is 23.0 Å². The van der Waals surface area contributed by atoms with E-state index in [1.807, 2.05) is 35.7 Å². The Bertz CT molecular complexity index is 1290. The van der Waals surface area contributed by atoms with Gasteiger partial charge in [0.25, 0.3) is 0 Å². The second kappa shape index (κ2) is 7.61. The first kappa shape index (κ1) is 20.0. The molecule has 0 N–H and O–H groups in total. The molecule has 2 heterocycles. The number of hydrogen-bond acceptors (Lipinski definition) is 3. The van der Waals surface area contributed by atoms with Gasteiger partial charge in [0, 0.05) is 23.2 Å². The van der Waals surface area contributed by atoms with Gasteiger partial charge < -0.3 is 0 Å². The number of Topliss-reactive ketones (excluding diaryl/α,β-unsaturated/α-hetero) is 1. The van der Waals surface area contributed by atoms with Gasteiger partial charge in [0.1, 0.15) is 0 Å². The van der Waals surface area contributed by atoms with Crippen molar-refractivity contribution in [2.75, 3.05) is 0 Å². The first-order valence-electron chi connectivity index (χ1n) is 10.7. The molecule has 0 fully saturated rings. The maximum absolute atomic E-state index is 13.0. The largest absolute Gasteiger partial charge is 0.294 e. The molecule has 156 valence electrons. The summed E-state index contributed by atoms with van der Waals surface area (Å²) in [6, 6.07) is 16.4. The van der Waals surface area contributed by atoms with E-state index in [1.165, 1.54) is 11.1 Å². The Morgan fingerprint density at radius 2 is 1.74 bits per heavy atom. The third kappa shape index (κ3) is 3.45. The van der Waals surface area contributed by atoms with Gasteiger partial charge in [0.05, 0.1) is 17.0 Å². The van der Waals surface area contributed by atoms with Crippen LogP contribution in [0, 0.1) is 6.92 Å². The fraction of sp³-hybridized carbons (Fsp3) is 0.269. The van der Waals surface area contributed by atoms with Crippen LogP contribution in [0.3, 0.4) is 0 Å². The average molecular weight is 430 g/mol. The minimum Gasteiger partial charge on any atom is -0.294 e. The Labute approximate surface area is 186 Å². The molecule has 0 radical (unpaired) electrons. The number of rotatable bonds is 3. The predicted octanol–water partition coefficient (Wildman–Crippen LogP) is 6.39. The zero-order valence-corrected chi connectivity index (χ0v) is 18.6. The standard InChI is InChI=1S/C26H24ClN3O/c1-15(2)17-4-6-18(7-5-17)20-12-23-22(24(31)13-20)14-28-26-25(16(3)29-30(23)26)19-8-10-21(27)11-9-19/h4-11,14-15,20H,12-13H2,1-3H3/t20-/m0/s1. The van der Waals surface area contributed by atoms with E-state index >= 15 is 0 Å². The molecule has 5 heteroatoms. The average Bonchev–Trinajstić information content (AvgIpc) is 3.10. The van der Waals surface area contributed by atoms with Crippen LogP contribution in [0.5, 0.6) is 0 Å². The number of aromatic nitrogens is 3. The number of aryl methyl sites for hydroxylation is 1. The summed E-state index contributed by atoms with van der Waals surface area (Å²) in [6.07, 6.45) is 3.00. The number of carbonyl (C=O) groups excluding carboxylic acids is 1. The number of benzene rings is 2. The number of carbonyl (C=O) groups is 1. The van der Waals surface area contributed by atoms with Crippen LogP contribution in [0.15, 0.2) is 54.7 Å². The van der Waals surface area contributed by atoms with Crippen LogP contribution in [0.2, 0.25) is 5.02 Å². The van der Waals surface area contributed by atoms with E-state index in [0.717, 1.165) is 34.6 Å². The quantitative estimate of drug-likeness (QED) is 0.379. The fourth-order valence-electron chi connectivity index (χ4n) is 4.55. The molecule has 1 aliphatic carbocycles. The number of hydrogen-bond donors (Lipinski definition) is 0. The molecule has 1 atom stereocenters. The zero-order chi connectivity index (χ0) is 21.7. The smallest absolute Gasteiger partial charge is 0.166 e. The molecule has 1 aliphatic rings. The van der Waals surface area contributed by atoms with Gasteiger partial charge in [-0.3, -0.25) is 4.79 Å². The van der Waals surface area contributed by atoms with Gasteiger partial charge in [0.15, 0.2) is 11.4 Å². The highest BCUT2D eigenvalue weighted by Crippen LogP contribution is 2.35. The SMILES string of the molecule is Cc1nn2c3c(cnc2c1-c1ccc(Cl)cc1)C(=O)C[C@@H](c1ccc(C(C)C)cc1)C3. The molecule has 0 saturated heterocycles. The van der Waals surface area contributed by atoms with Crippen molar-refractivity contribution in [3.63, 3.8) is 0 Å². The Morgan fingerprint density at radius 1 is 1.03 bits per heavy atom. The Morgan fingerprint density at radius 3 is 2.42 bits per heavy atom. The minimum absolute atomic E-state index is 0.134. The Kier molecular flexibility index (Phi) is 4.90. The molecule has 2 aromatic carbocycles. The van der Waals surface area contributed by atoms with Crippen LogP contribution in [0.1, 0.15) is 65.0 Å². The molecule has 0 amide bonds. The van der Waals surface area contributed by atoms with Crippen molar-refractivity contribution in [2.24, 2.45) is 0 Å². The zero-order valence-electron chi connectivity index (χ0n) is 17.9. The van der Waals surface area contributed by atoms with E-state index in [-0.39, 0.29) is 11.7 Å². The van der Waals surface area contributed by atoms with Gasteiger partial charge >= 0.3 is 0 Å². The molecule has 0 unspecified atom stereocenters. The van der Waals surface area contributed by atoms with E-state index < -0.39 is 0 Å². The summed E-state index contributed by atoms with van der Waals surface area (Å²) in [5, 5.41) is 5.49. The lowest BCUT2D eigenvalue weighted by molar-refractivity contribution is 0.0962. The van der Waals surface area contributed by atoms with Gasteiger partial charge in [-0.1, -0.05) is 61.8 Å². The van der Waals surface area contributed by atoms with E-state index in [4.69, 9.17) is 16.7 Å². The van der Waals surface area contributed by atoms with E-state index in [2.05, 4.69) is 43.1 Å². The van der Waals surface area contributed by atoms with Crippen molar-refractivity contribution in [3.05, 3.63) is 87.8 Å². The van der Waals surface area contributed by atoms with Crippen LogP contribution >= 0.6 is 11.6 Å². The van der Waals surface area contributed by atoms with E-state index in [1.54, 1.807) is 6.20 Å². The normalized spacial score (nSPS) is 16.2. The second-order valence-corrected chi connectivity index (χ2v) is 9.11. The molecule has 4 nitrogen and oxygen atoms in total. The highest BCUT2D eigenvalue weighted by Gasteiger charge is 2.30. The van der Waals surface area contributed by atoms with E-state index in [0.29, 0.717) is 22.9 Å². The summed E-state index contributed by atoms with van der Waals surface area (Å²) in [6.45, 7) is 6.37. The van der Waals surface area contributed by atoms with Crippen LogP contribution < -0.4 is 0 Å². The fourth-order valence-corrected chi connectivity index (χ4v) is 4.67. The summed E-state index contributed by atoms with van der Waals surface area (Å²) in [5.41, 5.74) is 7.82. The first-order chi connectivity index (χ1) is 14.9. The summed E-state index contributed by atoms with van der Waals surface area (Å²) in [4.78, 5) is 17.6. The van der Waals surface area contributed by atoms with Gasteiger partial charge in [-0.15, -0.1) is 0 Å².